The number of amides is 2. The zero-order valence-electron chi connectivity index (χ0n) is 14.2. The van der Waals surface area contributed by atoms with Gasteiger partial charge in [-0.15, -0.1) is 0 Å². The van der Waals surface area contributed by atoms with E-state index >= 15 is 0 Å². The number of carbonyl (C=O) groups is 2. The second kappa shape index (κ2) is 6.67. The molecule has 23 heavy (non-hydrogen) atoms. The van der Waals surface area contributed by atoms with E-state index in [1.807, 2.05) is 36.9 Å². The van der Waals surface area contributed by atoms with Crippen LogP contribution in [0.1, 0.15) is 25.5 Å². The van der Waals surface area contributed by atoms with Crippen LogP contribution in [0, 0.1) is 0 Å². The van der Waals surface area contributed by atoms with Crippen LogP contribution in [-0.4, -0.2) is 70.2 Å². The Bertz CT molecular complexity index is 574. The summed E-state index contributed by atoms with van der Waals surface area (Å²) in [4.78, 5) is 28.2. The van der Waals surface area contributed by atoms with E-state index in [2.05, 4.69) is 10.4 Å². The van der Waals surface area contributed by atoms with Gasteiger partial charge < -0.3 is 16.0 Å². The summed E-state index contributed by atoms with van der Waals surface area (Å²) in [5.74, 6) is -0.322. The molecule has 0 saturated carbocycles. The second-order valence-corrected chi connectivity index (χ2v) is 6.40. The minimum atomic E-state index is -0.694. The number of aromatic nitrogens is 2. The zero-order chi connectivity index (χ0) is 17.2. The molecule has 1 saturated heterocycles. The van der Waals surface area contributed by atoms with Gasteiger partial charge in [-0.1, -0.05) is 0 Å². The van der Waals surface area contributed by atoms with E-state index in [-0.39, 0.29) is 11.8 Å². The molecule has 0 spiro atoms. The van der Waals surface area contributed by atoms with Crippen molar-refractivity contribution in [2.24, 2.45) is 12.8 Å². The van der Waals surface area contributed by atoms with Crippen LogP contribution in [0.2, 0.25) is 0 Å². The van der Waals surface area contributed by atoms with Crippen LogP contribution >= 0.6 is 0 Å². The summed E-state index contributed by atoms with van der Waals surface area (Å²) in [5.41, 5.74) is 5.62. The molecular formula is C15H26N6O2. The first-order chi connectivity index (χ1) is 10.8. The summed E-state index contributed by atoms with van der Waals surface area (Å²) in [6, 6.07) is -0.403. The molecule has 8 heteroatoms. The molecule has 1 aliphatic rings. The van der Waals surface area contributed by atoms with Crippen molar-refractivity contribution >= 4 is 11.8 Å². The number of aryl methyl sites for hydroxylation is 1. The third-order valence-electron chi connectivity index (χ3n) is 4.58. The van der Waals surface area contributed by atoms with Gasteiger partial charge in [0.2, 0.25) is 11.8 Å². The molecule has 0 bridgehead atoms. The van der Waals surface area contributed by atoms with Crippen molar-refractivity contribution in [3.8, 4) is 0 Å². The number of carbonyl (C=O) groups excluding carboxylic acids is 2. The highest BCUT2D eigenvalue weighted by Gasteiger charge is 2.36. The molecule has 0 aliphatic carbocycles. The molecule has 128 valence electrons. The van der Waals surface area contributed by atoms with Crippen molar-refractivity contribution in [1.82, 2.24) is 24.9 Å². The van der Waals surface area contributed by atoms with E-state index in [4.69, 9.17) is 5.73 Å². The van der Waals surface area contributed by atoms with Crippen LogP contribution < -0.4 is 11.1 Å². The number of nitrogens with zero attached hydrogens (tertiary/aromatic N) is 4. The van der Waals surface area contributed by atoms with Crippen LogP contribution in [0.25, 0.3) is 0 Å². The predicted octanol–water partition coefficient (Wildman–Crippen LogP) is -0.911. The maximum atomic E-state index is 12.7. The van der Waals surface area contributed by atoms with Crippen LogP contribution in [0.5, 0.6) is 0 Å². The smallest absolute Gasteiger partial charge is 0.244 e. The van der Waals surface area contributed by atoms with Crippen molar-refractivity contribution in [3.63, 3.8) is 0 Å². The lowest BCUT2D eigenvalue weighted by Crippen LogP contribution is -2.61. The van der Waals surface area contributed by atoms with Gasteiger partial charge in [-0.05, 0) is 20.9 Å². The van der Waals surface area contributed by atoms with E-state index in [1.165, 1.54) is 0 Å². The Morgan fingerprint density at radius 1 is 1.30 bits per heavy atom. The van der Waals surface area contributed by atoms with Gasteiger partial charge in [0.1, 0.15) is 6.04 Å². The average molecular weight is 322 g/mol. The Labute approximate surface area is 136 Å². The molecule has 2 heterocycles. The van der Waals surface area contributed by atoms with Crippen molar-refractivity contribution in [2.45, 2.75) is 25.4 Å². The minimum Gasteiger partial charge on any atom is -0.368 e. The monoisotopic (exact) mass is 322 g/mol. The number of hydrogen-bond acceptors (Lipinski definition) is 5. The molecule has 1 aliphatic heterocycles. The van der Waals surface area contributed by atoms with Gasteiger partial charge in [0.05, 0.1) is 11.7 Å². The summed E-state index contributed by atoms with van der Waals surface area (Å²) in [5, 5.41) is 7.18. The number of nitrogens with one attached hydrogen (secondary N) is 1. The maximum absolute atomic E-state index is 12.7. The second-order valence-electron chi connectivity index (χ2n) is 6.40. The molecule has 2 rings (SSSR count). The van der Waals surface area contributed by atoms with Gasteiger partial charge in [0, 0.05) is 45.0 Å². The van der Waals surface area contributed by atoms with E-state index < -0.39 is 11.6 Å². The highest BCUT2D eigenvalue weighted by atomic mass is 16.2. The van der Waals surface area contributed by atoms with E-state index in [0.717, 1.165) is 5.56 Å². The summed E-state index contributed by atoms with van der Waals surface area (Å²) in [6.07, 6.45) is 3.54. The van der Waals surface area contributed by atoms with Gasteiger partial charge >= 0.3 is 0 Å². The average Bonchev–Trinajstić information content (AvgIpc) is 2.94. The van der Waals surface area contributed by atoms with Crippen LogP contribution in [0.4, 0.5) is 0 Å². The summed E-state index contributed by atoms with van der Waals surface area (Å²) >= 11 is 0. The number of rotatable bonds is 5. The fourth-order valence-corrected chi connectivity index (χ4v) is 2.85. The molecule has 1 unspecified atom stereocenters. The largest absolute Gasteiger partial charge is 0.368 e. The Morgan fingerprint density at radius 2 is 1.91 bits per heavy atom. The minimum absolute atomic E-state index is 0.0250. The Hall–Kier alpha value is -1.93. The number of hydrogen-bond donors (Lipinski definition) is 2. The van der Waals surface area contributed by atoms with Crippen molar-refractivity contribution in [1.29, 1.82) is 0 Å². The summed E-state index contributed by atoms with van der Waals surface area (Å²) in [6.45, 7) is 6.05. The fourth-order valence-electron chi connectivity index (χ4n) is 2.85. The normalized spacial score (nSPS) is 18.0. The first kappa shape index (κ1) is 17.4. The predicted molar refractivity (Wildman–Crippen MR) is 86.4 cm³/mol. The first-order valence-corrected chi connectivity index (χ1v) is 7.77. The number of likely N-dealkylation sites (N-methyl/N-ethyl adjacent to an activating group) is 1. The quantitative estimate of drug-likeness (QED) is 0.731. The lowest BCUT2D eigenvalue weighted by molar-refractivity contribution is -0.138. The van der Waals surface area contributed by atoms with Crippen LogP contribution in [-0.2, 0) is 16.6 Å². The molecule has 1 aromatic rings. The van der Waals surface area contributed by atoms with Crippen LogP contribution in [0.3, 0.4) is 0 Å². The summed E-state index contributed by atoms with van der Waals surface area (Å²) in [7, 11) is 3.59. The SMILES string of the molecule is CNC(C(=O)N1CCN(C(C)(C)C(N)=O)CC1)c1cnn(C)c1. The molecule has 8 nitrogen and oxygen atoms in total. The van der Waals surface area contributed by atoms with Gasteiger partial charge in [-0.3, -0.25) is 19.2 Å². The summed E-state index contributed by atoms with van der Waals surface area (Å²) < 4.78 is 1.68. The van der Waals surface area contributed by atoms with Crippen LogP contribution in [0.15, 0.2) is 12.4 Å². The molecule has 1 fully saturated rings. The van der Waals surface area contributed by atoms with E-state index in [1.54, 1.807) is 17.9 Å². The third-order valence-corrected chi connectivity index (χ3v) is 4.58. The Balaban J connectivity index is 2.01. The molecule has 2 amide bonds. The van der Waals surface area contributed by atoms with E-state index in [9.17, 15) is 9.59 Å². The molecule has 1 atom stereocenters. The molecule has 0 radical (unpaired) electrons. The van der Waals surface area contributed by atoms with Gasteiger partial charge in [-0.2, -0.15) is 5.10 Å². The lowest BCUT2D eigenvalue weighted by Gasteiger charge is -2.42. The Kier molecular flexibility index (Phi) is 5.06. The standard InChI is InChI=1S/C15H26N6O2/c1-15(2,14(16)23)21-7-5-20(6-8-21)13(22)12(17-3)11-9-18-19(4)10-11/h9-10,12,17H,5-8H2,1-4H3,(H2,16,23). The lowest BCUT2D eigenvalue weighted by atomic mass is 10.0. The zero-order valence-corrected chi connectivity index (χ0v) is 14.2. The van der Waals surface area contributed by atoms with Gasteiger partial charge in [0.15, 0.2) is 0 Å². The van der Waals surface area contributed by atoms with Crippen molar-refractivity contribution in [3.05, 3.63) is 18.0 Å². The molecule has 0 aromatic carbocycles. The maximum Gasteiger partial charge on any atom is 0.244 e. The molecular weight excluding hydrogens is 296 g/mol. The van der Waals surface area contributed by atoms with Crippen molar-refractivity contribution < 1.29 is 9.59 Å². The van der Waals surface area contributed by atoms with E-state index in [0.29, 0.717) is 26.2 Å². The highest BCUT2D eigenvalue weighted by molar-refractivity contribution is 5.84. The van der Waals surface area contributed by atoms with Gasteiger partial charge in [-0.25, -0.2) is 0 Å². The number of piperazine rings is 1. The van der Waals surface area contributed by atoms with Gasteiger partial charge in [0.25, 0.3) is 0 Å². The first-order valence-electron chi connectivity index (χ1n) is 7.77. The molecule has 3 N–H and O–H groups in total. The highest BCUT2D eigenvalue weighted by Crippen LogP contribution is 2.20. The Morgan fingerprint density at radius 3 is 2.35 bits per heavy atom. The molecule has 1 aromatic heterocycles. The number of primary amides is 1. The fraction of sp³-hybridized carbons (Fsp3) is 0.667. The van der Waals surface area contributed by atoms with Crippen molar-refractivity contribution in [2.75, 3.05) is 33.2 Å². The third kappa shape index (κ3) is 3.53. The topological polar surface area (TPSA) is 96.5 Å². The number of nitrogens with two attached hydrogens (primary N) is 1.